The van der Waals surface area contributed by atoms with Crippen molar-refractivity contribution in [1.29, 1.82) is 0 Å². The van der Waals surface area contributed by atoms with Crippen LogP contribution in [0.25, 0.3) is 10.6 Å². The maximum atomic E-state index is 12.2. The van der Waals surface area contributed by atoms with Crippen LogP contribution >= 0.6 is 21.4 Å². The number of aryl methyl sites for hydroxylation is 1. The Hall–Kier alpha value is -2.65. The lowest BCUT2D eigenvalue weighted by Crippen LogP contribution is -2.22. The summed E-state index contributed by atoms with van der Waals surface area (Å²) in [5, 5.41) is 20.8. The van der Waals surface area contributed by atoms with E-state index in [1.165, 1.54) is 0 Å². The van der Waals surface area contributed by atoms with Crippen molar-refractivity contribution in [3.63, 3.8) is 0 Å². The Morgan fingerprint density at radius 2 is 1.79 bits per heavy atom. The largest absolute Gasteiger partial charge is 0.493 e. The lowest BCUT2D eigenvalue weighted by Gasteiger charge is -2.37. The molecule has 0 atom stereocenters. The summed E-state index contributed by atoms with van der Waals surface area (Å²) in [4.78, 5) is 33.6. The number of rotatable bonds is 9. The molecule has 1 aromatic heterocycles. The van der Waals surface area contributed by atoms with Crippen molar-refractivity contribution in [1.82, 2.24) is 4.98 Å². The lowest BCUT2D eigenvalue weighted by atomic mass is 10.1. The number of nitrogens with zero attached hydrogens (tertiary/aromatic N) is 2. The van der Waals surface area contributed by atoms with E-state index in [1.807, 2.05) is 32.0 Å². The molecule has 33 heavy (non-hydrogen) atoms. The molecule has 2 heterocycles. The molecule has 9 heteroatoms. The molecule has 2 N–H and O–H groups in total. The molecular weight excluding hydrogens is 460 g/mol. The second kappa shape index (κ2) is 9.69. The van der Waals surface area contributed by atoms with E-state index in [-0.39, 0.29) is 4.88 Å². The van der Waals surface area contributed by atoms with Gasteiger partial charge in [-0.2, -0.15) is 10.0 Å². The maximum Gasteiger partial charge on any atom is 0.347 e. The molecule has 0 spiro atoms. The van der Waals surface area contributed by atoms with Crippen LogP contribution in [0.4, 0.5) is 0 Å². The van der Waals surface area contributed by atoms with Gasteiger partial charge in [-0.25, -0.2) is 19.6 Å². The van der Waals surface area contributed by atoms with Gasteiger partial charge in [0.25, 0.3) is 0 Å². The van der Waals surface area contributed by atoms with E-state index in [0.29, 0.717) is 51.1 Å². The molecule has 0 saturated carbocycles. The number of aromatic carboxylic acids is 1. The second-order valence-corrected chi connectivity index (χ2v) is 13.0. The number of aliphatic imine (C=N–C) groups is 1. The molecule has 1 aromatic carbocycles. The minimum atomic E-state index is -1.86. The van der Waals surface area contributed by atoms with Gasteiger partial charge in [-0.05, 0) is 49.5 Å². The molecule has 0 unspecified atom stereocenters. The summed E-state index contributed by atoms with van der Waals surface area (Å²) in [5.41, 5.74) is 2.52. The van der Waals surface area contributed by atoms with Crippen LogP contribution in [-0.2, 0) is 4.79 Å². The zero-order valence-corrected chi connectivity index (χ0v) is 21.4. The Balaban J connectivity index is 2.21. The van der Waals surface area contributed by atoms with E-state index in [2.05, 4.69) is 18.8 Å². The van der Waals surface area contributed by atoms with Crippen molar-refractivity contribution in [3.8, 4) is 16.3 Å². The molecule has 0 radical (unpaired) electrons. The van der Waals surface area contributed by atoms with Gasteiger partial charge >= 0.3 is 11.9 Å². The second-order valence-electron chi connectivity index (χ2n) is 8.25. The maximum absolute atomic E-state index is 12.2. The van der Waals surface area contributed by atoms with E-state index >= 15 is 0 Å². The van der Waals surface area contributed by atoms with Crippen molar-refractivity contribution < 1.29 is 24.5 Å². The molecular formula is C24H30N2O5S2. The van der Waals surface area contributed by atoms with Crippen LogP contribution < -0.4 is 4.74 Å². The number of thiazole rings is 1. The van der Waals surface area contributed by atoms with Crippen molar-refractivity contribution in [2.45, 2.75) is 41.5 Å². The average Bonchev–Trinajstić information content (AvgIpc) is 3.29. The fourth-order valence-electron chi connectivity index (χ4n) is 3.96. The number of aliphatic carboxylic acids is 1. The summed E-state index contributed by atoms with van der Waals surface area (Å²) in [6.07, 6.45) is 0. The minimum absolute atomic E-state index is 0.206. The SMILES string of the molecule is CCS1(CC)C(c2cc(-c3nc(C)c(C(=O)O)s3)ccc2OCC(C)C)=NC(C)=C1C(=O)O. The Bertz CT molecular complexity index is 1160. The number of aromatic nitrogens is 1. The van der Waals surface area contributed by atoms with Crippen LogP contribution in [0.1, 0.15) is 55.5 Å². The Labute approximate surface area is 199 Å². The Morgan fingerprint density at radius 1 is 1.12 bits per heavy atom. The smallest absolute Gasteiger partial charge is 0.347 e. The Kier molecular flexibility index (Phi) is 7.33. The summed E-state index contributed by atoms with van der Waals surface area (Å²) < 4.78 is 6.14. The summed E-state index contributed by atoms with van der Waals surface area (Å²) in [7, 11) is -1.86. The predicted molar refractivity (Wildman–Crippen MR) is 135 cm³/mol. The highest BCUT2D eigenvalue weighted by Gasteiger charge is 2.42. The topological polar surface area (TPSA) is 109 Å². The van der Waals surface area contributed by atoms with Gasteiger partial charge in [-0.1, -0.05) is 27.7 Å². The molecule has 3 rings (SSSR count). The summed E-state index contributed by atoms with van der Waals surface area (Å²) in [5.74, 6) is 0.360. The first-order chi connectivity index (χ1) is 15.5. The van der Waals surface area contributed by atoms with Crippen LogP contribution in [0.5, 0.6) is 5.75 Å². The van der Waals surface area contributed by atoms with Crippen LogP contribution in [-0.4, -0.2) is 50.3 Å². The van der Waals surface area contributed by atoms with Crippen LogP contribution in [0.2, 0.25) is 0 Å². The summed E-state index contributed by atoms with van der Waals surface area (Å²) in [6, 6.07) is 5.64. The van der Waals surface area contributed by atoms with E-state index in [9.17, 15) is 19.8 Å². The third-order valence-corrected chi connectivity index (χ3v) is 11.0. The van der Waals surface area contributed by atoms with Gasteiger partial charge in [0.15, 0.2) is 0 Å². The molecule has 0 saturated heterocycles. The highest BCUT2D eigenvalue weighted by atomic mass is 32.3. The van der Waals surface area contributed by atoms with E-state index in [0.717, 1.165) is 27.5 Å². The van der Waals surface area contributed by atoms with Crippen LogP contribution in [0.15, 0.2) is 33.8 Å². The van der Waals surface area contributed by atoms with Crippen molar-refractivity contribution in [2.75, 3.05) is 18.1 Å². The average molecular weight is 491 g/mol. The first-order valence-corrected chi connectivity index (χ1v) is 13.6. The van der Waals surface area contributed by atoms with Gasteiger partial charge < -0.3 is 14.9 Å². The predicted octanol–water partition coefficient (Wildman–Crippen LogP) is 5.77. The number of allylic oxidation sites excluding steroid dienone is 1. The number of carbonyl (C=O) groups is 2. The van der Waals surface area contributed by atoms with Gasteiger partial charge in [0.2, 0.25) is 0 Å². The molecule has 2 aromatic rings. The van der Waals surface area contributed by atoms with Gasteiger partial charge in [0.1, 0.15) is 20.5 Å². The number of carboxylic acids is 2. The molecule has 178 valence electrons. The third-order valence-electron chi connectivity index (χ3n) is 5.56. The van der Waals surface area contributed by atoms with Crippen molar-refractivity contribution >= 4 is 38.3 Å². The summed E-state index contributed by atoms with van der Waals surface area (Å²) >= 11 is 1.12. The number of hydrogen-bond donors (Lipinski definition) is 2. The zero-order valence-electron chi connectivity index (χ0n) is 19.8. The highest BCUT2D eigenvalue weighted by molar-refractivity contribution is 8.49. The normalized spacial score (nSPS) is 16.2. The first-order valence-electron chi connectivity index (χ1n) is 10.9. The molecule has 7 nitrogen and oxygen atoms in total. The standard InChI is InChI=1S/C24H30N2O5S2/c1-7-33(8-2)20(24(29)30)15(6)26-22(33)17-11-16(9-10-18(17)31-12-13(3)4)21-25-14(5)19(32-21)23(27)28/h9-11,13H,7-8,12H2,1-6H3,(H,27,28)(H,29,30). The number of benzene rings is 1. The van der Waals surface area contributed by atoms with Crippen LogP contribution in [0.3, 0.4) is 0 Å². The fraction of sp³-hybridized carbons (Fsp3) is 0.417. The van der Waals surface area contributed by atoms with Crippen molar-refractivity contribution in [3.05, 3.63) is 44.9 Å². The third kappa shape index (κ3) is 4.56. The van der Waals surface area contributed by atoms with Gasteiger partial charge in [0.05, 0.1) is 23.0 Å². The zero-order chi connectivity index (χ0) is 24.5. The number of carboxylic acid groups (broad SMARTS) is 2. The molecule has 0 aliphatic carbocycles. The van der Waals surface area contributed by atoms with E-state index in [4.69, 9.17) is 9.73 Å². The number of ether oxygens (including phenoxy) is 1. The molecule has 0 fully saturated rings. The van der Waals surface area contributed by atoms with Crippen molar-refractivity contribution in [2.24, 2.45) is 10.9 Å². The van der Waals surface area contributed by atoms with Gasteiger partial charge in [-0.3, -0.25) is 0 Å². The minimum Gasteiger partial charge on any atom is -0.493 e. The lowest BCUT2D eigenvalue weighted by molar-refractivity contribution is -0.131. The van der Waals surface area contributed by atoms with Crippen LogP contribution in [0, 0.1) is 12.8 Å². The molecule has 0 amide bonds. The monoisotopic (exact) mass is 490 g/mol. The number of hydrogen-bond acceptors (Lipinski definition) is 6. The fourth-order valence-corrected chi connectivity index (χ4v) is 8.42. The summed E-state index contributed by atoms with van der Waals surface area (Å²) in [6.45, 7) is 12.1. The van der Waals surface area contributed by atoms with E-state index < -0.39 is 22.0 Å². The first kappa shape index (κ1) is 25.0. The quantitative estimate of drug-likeness (QED) is 0.462. The molecule has 0 bridgehead atoms. The molecule has 1 aliphatic heterocycles. The highest BCUT2D eigenvalue weighted by Crippen LogP contribution is 2.63. The van der Waals surface area contributed by atoms with Gasteiger partial charge in [-0.15, -0.1) is 11.3 Å². The Morgan fingerprint density at radius 3 is 2.30 bits per heavy atom. The van der Waals surface area contributed by atoms with E-state index in [1.54, 1.807) is 13.8 Å². The molecule has 1 aliphatic rings. The van der Waals surface area contributed by atoms with Gasteiger partial charge in [0, 0.05) is 11.1 Å².